The zero-order chi connectivity index (χ0) is 14.8. The summed E-state index contributed by atoms with van der Waals surface area (Å²) in [5.41, 5.74) is 6.67. The first-order valence-electron chi connectivity index (χ1n) is 6.40. The van der Waals surface area contributed by atoms with Crippen molar-refractivity contribution in [3.63, 3.8) is 0 Å². The van der Waals surface area contributed by atoms with E-state index >= 15 is 0 Å². The Kier molecular flexibility index (Phi) is 10.1. The molecule has 0 aromatic heterocycles. The number of non-ortho nitro benzene ring substituents is 1. The first-order valence-corrected chi connectivity index (χ1v) is 6.40. The normalized spacial score (nSPS) is 10.9. The summed E-state index contributed by atoms with van der Waals surface area (Å²) >= 11 is 0. The van der Waals surface area contributed by atoms with E-state index in [1.54, 1.807) is 12.1 Å². The van der Waals surface area contributed by atoms with E-state index in [0.29, 0.717) is 25.5 Å². The molecule has 21 heavy (non-hydrogen) atoms. The molecule has 0 spiro atoms. The predicted molar refractivity (Wildman–Crippen MR) is 83.0 cm³/mol. The predicted octanol–water partition coefficient (Wildman–Crippen LogP) is 2.12. The van der Waals surface area contributed by atoms with E-state index in [1.807, 2.05) is 6.92 Å². The first-order chi connectivity index (χ1) is 9.69. The molecule has 0 aliphatic rings. The number of oxime groups is 1. The number of halogens is 1. The van der Waals surface area contributed by atoms with E-state index in [9.17, 15) is 10.1 Å². The van der Waals surface area contributed by atoms with Crippen molar-refractivity contribution in [3.05, 3.63) is 39.9 Å². The minimum absolute atomic E-state index is 0. The topological polar surface area (TPSA) is 100.0 Å². The summed E-state index contributed by atoms with van der Waals surface area (Å²) in [6.07, 6.45) is 0.900. The molecule has 1 rings (SSSR count). The van der Waals surface area contributed by atoms with Crippen molar-refractivity contribution in [3.8, 4) is 0 Å². The lowest BCUT2D eigenvalue weighted by Gasteiger charge is -2.07. The first kappa shape index (κ1) is 19.3. The third-order valence-corrected chi connectivity index (χ3v) is 2.38. The Balaban J connectivity index is 0.00000400. The van der Waals surface area contributed by atoms with Crippen LogP contribution in [0.2, 0.25) is 0 Å². The number of nitrogens with two attached hydrogens (primary N) is 1. The van der Waals surface area contributed by atoms with Gasteiger partial charge in [-0.15, -0.1) is 12.4 Å². The number of nitrogens with zero attached hydrogens (tertiary/aromatic N) is 2. The largest absolute Gasteiger partial charge is 0.394 e. The van der Waals surface area contributed by atoms with E-state index in [4.69, 9.17) is 15.3 Å². The minimum atomic E-state index is -0.445. The Bertz CT molecular complexity index is 451. The SMILES string of the molecule is CCCOCC(=NOCCN)c1ccc([N+](=O)[O-])cc1.Cl. The molecule has 1 aromatic rings. The summed E-state index contributed by atoms with van der Waals surface area (Å²) in [4.78, 5) is 15.2. The maximum absolute atomic E-state index is 10.6. The van der Waals surface area contributed by atoms with Gasteiger partial charge < -0.3 is 15.3 Å². The van der Waals surface area contributed by atoms with Crippen LogP contribution in [0.4, 0.5) is 5.69 Å². The number of rotatable bonds is 9. The molecule has 2 N–H and O–H groups in total. The van der Waals surface area contributed by atoms with Gasteiger partial charge in [-0.3, -0.25) is 10.1 Å². The Morgan fingerprint density at radius 1 is 1.33 bits per heavy atom. The summed E-state index contributed by atoms with van der Waals surface area (Å²) in [6.45, 7) is 3.59. The molecule has 0 saturated heterocycles. The van der Waals surface area contributed by atoms with Crippen molar-refractivity contribution >= 4 is 23.8 Å². The molecule has 0 bridgehead atoms. The number of hydrogen-bond acceptors (Lipinski definition) is 6. The number of nitro benzene ring substituents is 1. The fourth-order valence-electron chi connectivity index (χ4n) is 1.43. The van der Waals surface area contributed by atoms with Gasteiger partial charge >= 0.3 is 0 Å². The highest BCUT2D eigenvalue weighted by atomic mass is 35.5. The second-order valence-corrected chi connectivity index (χ2v) is 4.02. The average Bonchev–Trinajstić information content (AvgIpc) is 2.46. The van der Waals surface area contributed by atoms with Crippen LogP contribution in [0.3, 0.4) is 0 Å². The lowest BCUT2D eigenvalue weighted by atomic mass is 10.1. The lowest BCUT2D eigenvalue weighted by molar-refractivity contribution is -0.384. The van der Waals surface area contributed by atoms with Crippen LogP contribution in [0.5, 0.6) is 0 Å². The van der Waals surface area contributed by atoms with E-state index in [0.717, 1.165) is 12.0 Å². The summed E-state index contributed by atoms with van der Waals surface area (Å²) in [5.74, 6) is 0. The summed E-state index contributed by atoms with van der Waals surface area (Å²) < 4.78 is 5.43. The third-order valence-electron chi connectivity index (χ3n) is 2.38. The van der Waals surface area contributed by atoms with Gasteiger partial charge in [0.2, 0.25) is 0 Å². The standard InChI is InChI=1S/C13H19N3O4.ClH/c1-2-8-19-10-13(15-20-9-7-14)11-3-5-12(6-4-11)16(17)18;/h3-6H,2,7-10,14H2,1H3;1H. The molecule has 1 aromatic carbocycles. The molecule has 0 fully saturated rings. The molecule has 0 aliphatic heterocycles. The van der Waals surface area contributed by atoms with Crippen LogP contribution in [0.15, 0.2) is 29.4 Å². The molecule has 0 atom stereocenters. The fourth-order valence-corrected chi connectivity index (χ4v) is 1.43. The Morgan fingerprint density at radius 2 is 2.00 bits per heavy atom. The third kappa shape index (κ3) is 7.03. The van der Waals surface area contributed by atoms with Crippen LogP contribution in [-0.4, -0.2) is 37.0 Å². The van der Waals surface area contributed by atoms with Gasteiger partial charge in [0.25, 0.3) is 5.69 Å². The summed E-state index contributed by atoms with van der Waals surface area (Å²) in [5, 5.41) is 14.6. The van der Waals surface area contributed by atoms with Gasteiger partial charge in [-0.05, 0) is 18.6 Å². The van der Waals surface area contributed by atoms with Crippen LogP contribution in [-0.2, 0) is 9.57 Å². The maximum atomic E-state index is 10.6. The van der Waals surface area contributed by atoms with Crippen LogP contribution in [0, 0.1) is 10.1 Å². The summed E-state index contributed by atoms with van der Waals surface area (Å²) in [6, 6.07) is 6.09. The highest BCUT2D eigenvalue weighted by Gasteiger charge is 2.09. The molecule has 0 heterocycles. The van der Waals surface area contributed by atoms with Crippen molar-refractivity contribution in [1.82, 2.24) is 0 Å². The number of hydrogen-bond donors (Lipinski definition) is 1. The molecular formula is C13H20ClN3O4. The molecule has 0 unspecified atom stereocenters. The van der Waals surface area contributed by atoms with E-state index in [-0.39, 0.29) is 24.7 Å². The van der Waals surface area contributed by atoms with Crippen molar-refractivity contribution in [2.75, 3.05) is 26.4 Å². The van der Waals surface area contributed by atoms with Crippen molar-refractivity contribution < 1.29 is 14.5 Å². The molecule has 118 valence electrons. The van der Waals surface area contributed by atoms with Crippen LogP contribution >= 0.6 is 12.4 Å². The number of benzene rings is 1. The molecule has 0 radical (unpaired) electrons. The van der Waals surface area contributed by atoms with Gasteiger partial charge in [0, 0.05) is 30.8 Å². The van der Waals surface area contributed by atoms with E-state index in [1.165, 1.54) is 12.1 Å². The second-order valence-electron chi connectivity index (χ2n) is 4.02. The summed E-state index contributed by atoms with van der Waals surface area (Å²) in [7, 11) is 0. The molecule has 7 nitrogen and oxygen atoms in total. The van der Waals surface area contributed by atoms with Gasteiger partial charge in [0.1, 0.15) is 12.3 Å². The van der Waals surface area contributed by atoms with Gasteiger partial charge in [-0.25, -0.2) is 0 Å². The molecule has 0 amide bonds. The molecule has 8 heteroatoms. The molecular weight excluding hydrogens is 298 g/mol. The molecule has 0 aliphatic carbocycles. The Morgan fingerprint density at radius 3 is 2.52 bits per heavy atom. The van der Waals surface area contributed by atoms with Gasteiger partial charge in [-0.1, -0.05) is 12.1 Å². The van der Waals surface area contributed by atoms with E-state index in [2.05, 4.69) is 5.16 Å². The van der Waals surface area contributed by atoms with Crippen LogP contribution < -0.4 is 5.73 Å². The monoisotopic (exact) mass is 317 g/mol. The van der Waals surface area contributed by atoms with Gasteiger partial charge in [-0.2, -0.15) is 0 Å². The lowest BCUT2D eigenvalue weighted by Crippen LogP contribution is -2.13. The van der Waals surface area contributed by atoms with Crippen LogP contribution in [0.1, 0.15) is 18.9 Å². The van der Waals surface area contributed by atoms with E-state index < -0.39 is 4.92 Å². The Labute approximate surface area is 129 Å². The van der Waals surface area contributed by atoms with Crippen molar-refractivity contribution in [2.45, 2.75) is 13.3 Å². The highest BCUT2D eigenvalue weighted by Crippen LogP contribution is 2.13. The smallest absolute Gasteiger partial charge is 0.269 e. The van der Waals surface area contributed by atoms with Crippen molar-refractivity contribution in [2.24, 2.45) is 10.9 Å². The Hall–Kier alpha value is -1.70. The zero-order valence-corrected chi connectivity index (χ0v) is 12.7. The second kappa shape index (κ2) is 11.0. The molecule has 0 saturated carbocycles. The van der Waals surface area contributed by atoms with Gasteiger partial charge in [0.05, 0.1) is 11.5 Å². The highest BCUT2D eigenvalue weighted by molar-refractivity contribution is 6.01. The van der Waals surface area contributed by atoms with Gasteiger partial charge in [0.15, 0.2) is 0 Å². The van der Waals surface area contributed by atoms with Crippen LogP contribution in [0.25, 0.3) is 0 Å². The number of ether oxygens (including phenoxy) is 1. The van der Waals surface area contributed by atoms with Crippen molar-refractivity contribution in [1.29, 1.82) is 0 Å². The quantitative estimate of drug-likeness (QED) is 0.325. The fraction of sp³-hybridized carbons (Fsp3) is 0.462. The number of nitro groups is 1. The zero-order valence-electron chi connectivity index (χ0n) is 11.9. The maximum Gasteiger partial charge on any atom is 0.269 e. The minimum Gasteiger partial charge on any atom is -0.394 e. The average molecular weight is 318 g/mol.